The fourth-order valence-corrected chi connectivity index (χ4v) is 2.87. The molecule has 0 atom stereocenters. The van der Waals surface area contributed by atoms with Gasteiger partial charge in [0.05, 0.1) is 5.56 Å². The van der Waals surface area contributed by atoms with E-state index in [0.29, 0.717) is 12.1 Å². The van der Waals surface area contributed by atoms with Crippen LogP contribution in [-0.2, 0) is 6.54 Å². The highest BCUT2D eigenvalue weighted by molar-refractivity contribution is 5.91. The Morgan fingerprint density at radius 2 is 1.77 bits per heavy atom. The summed E-state index contributed by atoms with van der Waals surface area (Å²) in [5.74, 6) is -0.861. The van der Waals surface area contributed by atoms with Crippen LogP contribution in [0.5, 0.6) is 0 Å². The molecule has 4 nitrogen and oxygen atoms in total. The van der Waals surface area contributed by atoms with Gasteiger partial charge in [-0.25, -0.2) is 4.79 Å². The molecule has 0 saturated carbocycles. The Morgan fingerprint density at radius 3 is 2.32 bits per heavy atom. The van der Waals surface area contributed by atoms with Gasteiger partial charge >= 0.3 is 5.97 Å². The first kappa shape index (κ1) is 16.3. The van der Waals surface area contributed by atoms with E-state index in [1.807, 2.05) is 49.6 Å². The van der Waals surface area contributed by atoms with E-state index in [2.05, 4.69) is 12.2 Å². The number of carbonyl (C=O) groups is 1. The number of nitrogens with zero attached hydrogens (tertiary/aromatic N) is 1. The summed E-state index contributed by atoms with van der Waals surface area (Å²) >= 11 is 0. The lowest BCUT2D eigenvalue weighted by Gasteiger charge is -2.10. The number of rotatable bonds is 6. The van der Waals surface area contributed by atoms with Crippen molar-refractivity contribution < 1.29 is 9.90 Å². The van der Waals surface area contributed by atoms with Crippen LogP contribution < -0.4 is 5.32 Å². The highest BCUT2D eigenvalue weighted by atomic mass is 16.4. The predicted molar refractivity (Wildman–Crippen MR) is 88.9 cm³/mol. The molecule has 22 heavy (non-hydrogen) atoms. The van der Waals surface area contributed by atoms with E-state index in [-0.39, 0.29) is 0 Å². The molecular formula is C18H24N2O2. The maximum atomic E-state index is 11.7. The molecule has 0 saturated heterocycles. The van der Waals surface area contributed by atoms with Gasteiger partial charge in [-0.05, 0) is 45.9 Å². The molecule has 0 fully saturated rings. The number of hydrogen-bond acceptors (Lipinski definition) is 2. The molecule has 2 N–H and O–H groups in total. The maximum absolute atomic E-state index is 11.7. The molecule has 0 unspecified atom stereocenters. The third-order valence-corrected chi connectivity index (χ3v) is 4.01. The molecule has 4 heteroatoms. The molecule has 2 rings (SSSR count). The Morgan fingerprint density at radius 1 is 1.14 bits per heavy atom. The van der Waals surface area contributed by atoms with E-state index in [4.69, 9.17) is 0 Å². The predicted octanol–water partition coefficient (Wildman–Crippen LogP) is 3.60. The normalized spacial score (nSPS) is 10.9. The van der Waals surface area contributed by atoms with Crippen molar-refractivity contribution in [2.24, 2.45) is 0 Å². The van der Waals surface area contributed by atoms with Gasteiger partial charge in [-0.15, -0.1) is 0 Å². The first-order valence-electron chi connectivity index (χ1n) is 7.69. The largest absolute Gasteiger partial charge is 0.478 e. The minimum absolute atomic E-state index is 0.418. The summed E-state index contributed by atoms with van der Waals surface area (Å²) < 4.78 is 2.03. The van der Waals surface area contributed by atoms with Crippen LogP contribution >= 0.6 is 0 Å². The van der Waals surface area contributed by atoms with E-state index in [9.17, 15) is 9.90 Å². The quantitative estimate of drug-likeness (QED) is 0.801. The molecule has 0 spiro atoms. The summed E-state index contributed by atoms with van der Waals surface area (Å²) in [6.07, 6.45) is 1.03. The smallest absolute Gasteiger partial charge is 0.337 e. The van der Waals surface area contributed by atoms with Gasteiger partial charge < -0.3 is 15.0 Å². The Kier molecular flexibility index (Phi) is 5.03. The van der Waals surface area contributed by atoms with Crippen molar-refractivity contribution in [3.8, 4) is 5.69 Å². The minimum Gasteiger partial charge on any atom is -0.478 e. The third kappa shape index (κ3) is 3.07. The Labute approximate surface area is 131 Å². The van der Waals surface area contributed by atoms with Crippen LogP contribution in [0.25, 0.3) is 5.69 Å². The Balaban J connectivity index is 2.53. The second kappa shape index (κ2) is 6.79. The average molecular weight is 300 g/mol. The molecule has 0 bridgehead atoms. The third-order valence-electron chi connectivity index (χ3n) is 4.01. The zero-order chi connectivity index (χ0) is 16.3. The number of aromatic nitrogens is 1. The highest BCUT2D eigenvalue weighted by Crippen LogP contribution is 2.26. The van der Waals surface area contributed by atoms with Crippen molar-refractivity contribution in [2.45, 2.75) is 40.7 Å². The van der Waals surface area contributed by atoms with Crippen molar-refractivity contribution in [2.75, 3.05) is 6.54 Å². The number of aryl methyl sites for hydroxylation is 1. The number of carboxylic acid groups (broad SMARTS) is 1. The molecule has 0 amide bonds. The summed E-state index contributed by atoms with van der Waals surface area (Å²) in [6.45, 7) is 9.47. The van der Waals surface area contributed by atoms with Gasteiger partial charge in [-0.1, -0.05) is 24.6 Å². The lowest BCUT2D eigenvalue weighted by molar-refractivity contribution is 0.0695. The van der Waals surface area contributed by atoms with Crippen molar-refractivity contribution in [3.63, 3.8) is 0 Å². The molecule has 2 aromatic rings. The average Bonchev–Trinajstić information content (AvgIpc) is 2.72. The van der Waals surface area contributed by atoms with Crippen LogP contribution in [-0.4, -0.2) is 22.2 Å². The van der Waals surface area contributed by atoms with Crippen LogP contribution in [0.15, 0.2) is 24.3 Å². The van der Waals surface area contributed by atoms with Gasteiger partial charge in [0.1, 0.15) is 0 Å². The summed E-state index contributed by atoms with van der Waals surface area (Å²) in [4.78, 5) is 11.7. The Hall–Kier alpha value is -2.07. The summed E-state index contributed by atoms with van der Waals surface area (Å²) in [5, 5.41) is 12.9. The van der Waals surface area contributed by atoms with E-state index in [1.54, 1.807) is 0 Å². The van der Waals surface area contributed by atoms with Crippen LogP contribution in [0.1, 0.15) is 46.2 Å². The zero-order valence-electron chi connectivity index (χ0n) is 13.7. The molecule has 0 aliphatic rings. The topological polar surface area (TPSA) is 54.3 Å². The Bertz CT molecular complexity index is 669. The van der Waals surface area contributed by atoms with Gasteiger partial charge in [0.15, 0.2) is 0 Å². The van der Waals surface area contributed by atoms with Crippen LogP contribution in [0.3, 0.4) is 0 Å². The number of nitrogens with one attached hydrogen (secondary N) is 1. The van der Waals surface area contributed by atoms with Gasteiger partial charge in [0.25, 0.3) is 0 Å². The van der Waals surface area contributed by atoms with Crippen molar-refractivity contribution >= 4 is 5.97 Å². The van der Waals surface area contributed by atoms with Crippen LogP contribution in [0.2, 0.25) is 0 Å². The van der Waals surface area contributed by atoms with E-state index < -0.39 is 5.97 Å². The van der Waals surface area contributed by atoms with E-state index in [1.165, 1.54) is 5.56 Å². The molecule has 1 aromatic carbocycles. The molecule has 118 valence electrons. The van der Waals surface area contributed by atoms with E-state index >= 15 is 0 Å². The molecule has 0 radical (unpaired) electrons. The maximum Gasteiger partial charge on any atom is 0.337 e. The number of carboxylic acids is 1. The van der Waals surface area contributed by atoms with Crippen molar-refractivity contribution in [3.05, 3.63) is 52.3 Å². The van der Waals surface area contributed by atoms with Gasteiger partial charge in [-0.3, -0.25) is 0 Å². The summed E-state index contributed by atoms with van der Waals surface area (Å²) in [6, 6.07) is 8.15. The van der Waals surface area contributed by atoms with Crippen LogP contribution in [0, 0.1) is 20.8 Å². The van der Waals surface area contributed by atoms with Gasteiger partial charge in [0, 0.05) is 29.2 Å². The monoisotopic (exact) mass is 300 g/mol. The first-order valence-corrected chi connectivity index (χ1v) is 7.69. The minimum atomic E-state index is -0.861. The molecular weight excluding hydrogens is 276 g/mol. The second-order valence-electron chi connectivity index (χ2n) is 5.68. The first-order chi connectivity index (χ1) is 10.5. The number of aromatic carboxylic acids is 1. The zero-order valence-corrected chi connectivity index (χ0v) is 13.7. The fourth-order valence-electron chi connectivity index (χ4n) is 2.87. The molecule has 1 aromatic heterocycles. The lowest BCUT2D eigenvalue weighted by Crippen LogP contribution is -2.16. The number of benzene rings is 1. The van der Waals surface area contributed by atoms with Gasteiger partial charge in [-0.2, -0.15) is 0 Å². The fraction of sp³-hybridized carbons (Fsp3) is 0.389. The van der Waals surface area contributed by atoms with Crippen molar-refractivity contribution in [1.82, 2.24) is 9.88 Å². The highest BCUT2D eigenvalue weighted by Gasteiger charge is 2.22. The number of hydrogen-bond donors (Lipinski definition) is 2. The molecule has 0 aliphatic heterocycles. The molecule has 1 heterocycles. The summed E-state index contributed by atoms with van der Waals surface area (Å²) in [7, 11) is 0. The van der Waals surface area contributed by atoms with Crippen LogP contribution in [0.4, 0.5) is 0 Å². The second-order valence-corrected chi connectivity index (χ2v) is 5.68. The van der Waals surface area contributed by atoms with E-state index in [0.717, 1.165) is 35.6 Å². The molecule has 0 aliphatic carbocycles. The SMILES string of the molecule is CCCNCc1c(C(=O)O)c(C)n(-c2ccc(C)cc2)c1C. The van der Waals surface area contributed by atoms with Gasteiger partial charge in [0.2, 0.25) is 0 Å². The van der Waals surface area contributed by atoms with Crippen molar-refractivity contribution in [1.29, 1.82) is 0 Å². The standard InChI is InChI=1S/C18H24N2O2/c1-5-10-19-11-16-13(3)20(14(4)17(16)18(21)22)15-8-6-12(2)7-9-15/h6-9,19H,5,10-11H2,1-4H3,(H,21,22). The summed E-state index contributed by atoms with van der Waals surface area (Å²) in [5.41, 5.74) is 5.25. The lowest BCUT2D eigenvalue weighted by atomic mass is 10.1.